The molecule has 0 aromatic rings. The van der Waals surface area contributed by atoms with Crippen LogP contribution in [0.3, 0.4) is 0 Å². The molecule has 0 rings (SSSR count). The van der Waals surface area contributed by atoms with Crippen molar-refractivity contribution in [3.8, 4) is 0 Å². The zero-order valence-electron chi connectivity index (χ0n) is 12.2. The number of alkyl halides is 3. The maximum Gasteiger partial charge on any atom is 0.392 e. The second-order valence-electron chi connectivity index (χ2n) is 4.62. The minimum atomic E-state index is -4.04. The van der Waals surface area contributed by atoms with Gasteiger partial charge in [-0.15, -0.1) is 0 Å². The van der Waals surface area contributed by atoms with Crippen LogP contribution >= 0.6 is 0 Å². The van der Waals surface area contributed by atoms with Gasteiger partial charge in [-0.25, -0.2) is 0 Å². The van der Waals surface area contributed by atoms with Crippen LogP contribution in [0.25, 0.3) is 0 Å². The van der Waals surface area contributed by atoms with E-state index >= 15 is 0 Å². The van der Waals surface area contributed by atoms with Crippen molar-refractivity contribution >= 4 is 0 Å². The van der Waals surface area contributed by atoms with Gasteiger partial charge in [0.2, 0.25) is 0 Å². The van der Waals surface area contributed by atoms with Gasteiger partial charge in [-0.3, -0.25) is 0 Å². The van der Waals surface area contributed by atoms with Gasteiger partial charge < -0.3 is 0 Å². The van der Waals surface area contributed by atoms with E-state index in [2.05, 4.69) is 0 Å². The molecule has 0 fully saturated rings. The third-order valence-electron chi connectivity index (χ3n) is 3.06. The molecule has 0 aromatic carbocycles. The van der Waals surface area contributed by atoms with Gasteiger partial charge in [0.05, 0.1) is 5.92 Å². The summed E-state index contributed by atoms with van der Waals surface area (Å²) in [7, 11) is 0. The van der Waals surface area contributed by atoms with Gasteiger partial charge in [0.1, 0.15) is 0 Å². The molecule has 0 aliphatic heterocycles. The molecular formula is C14H29F3. The third-order valence-corrected chi connectivity index (χ3v) is 3.06. The second-order valence-corrected chi connectivity index (χ2v) is 4.62. The van der Waals surface area contributed by atoms with Gasteiger partial charge in [-0.1, -0.05) is 60.8 Å². The van der Waals surface area contributed by atoms with Crippen molar-refractivity contribution in [1.29, 1.82) is 0 Å². The van der Waals surface area contributed by atoms with Crippen LogP contribution in [0.2, 0.25) is 0 Å². The Labute approximate surface area is 105 Å². The smallest absolute Gasteiger partial charge is 0.171 e. The van der Waals surface area contributed by atoms with Crippen LogP contribution in [0.1, 0.15) is 67.2 Å². The Hall–Kier alpha value is -0.210. The van der Waals surface area contributed by atoms with Gasteiger partial charge in [0.25, 0.3) is 0 Å². The summed E-state index contributed by atoms with van der Waals surface area (Å²) in [5.74, 6) is -1.65. The van der Waals surface area contributed by atoms with Crippen LogP contribution in [0.4, 0.5) is 13.2 Å². The number of halogens is 3. The standard InChI is InChI=1S/C12H23F3.C2H6/c1-5-7-8-10(6-2)11(9(3)4)12(13,14)15;1-2/h9-11H,5-8H2,1-4H3;1-2H3/t10?,11-;/m0./s1. The Bertz CT molecular complexity index is 161. The zero-order valence-corrected chi connectivity index (χ0v) is 12.2. The van der Waals surface area contributed by atoms with Gasteiger partial charge in [0.15, 0.2) is 0 Å². The fraction of sp³-hybridized carbons (Fsp3) is 1.00. The first-order valence-electron chi connectivity index (χ1n) is 6.91. The van der Waals surface area contributed by atoms with Gasteiger partial charge in [-0.05, 0) is 18.3 Å². The molecule has 106 valence electrons. The molecule has 1 unspecified atom stereocenters. The van der Waals surface area contributed by atoms with E-state index in [4.69, 9.17) is 0 Å². The van der Waals surface area contributed by atoms with E-state index in [0.717, 1.165) is 12.8 Å². The molecule has 0 spiro atoms. The van der Waals surface area contributed by atoms with E-state index in [1.807, 2.05) is 27.7 Å². The third kappa shape index (κ3) is 7.67. The number of rotatable bonds is 6. The predicted octanol–water partition coefficient (Wildman–Crippen LogP) is 6.06. The number of hydrogen-bond acceptors (Lipinski definition) is 0. The lowest BCUT2D eigenvalue weighted by Gasteiger charge is -2.31. The Kier molecular flexibility index (Phi) is 11.0. The quantitative estimate of drug-likeness (QED) is 0.540. The molecule has 2 atom stereocenters. The van der Waals surface area contributed by atoms with E-state index in [0.29, 0.717) is 12.8 Å². The highest BCUT2D eigenvalue weighted by Gasteiger charge is 2.45. The Morgan fingerprint density at radius 3 is 1.71 bits per heavy atom. The molecule has 0 N–H and O–H groups in total. The summed E-state index contributed by atoms with van der Waals surface area (Å²) >= 11 is 0. The molecule has 17 heavy (non-hydrogen) atoms. The van der Waals surface area contributed by atoms with E-state index in [9.17, 15) is 13.2 Å². The van der Waals surface area contributed by atoms with Crippen molar-refractivity contribution < 1.29 is 13.2 Å². The summed E-state index contributed by atoms with van der Waals surface area (Å²) in [5.41, 5.74) is 0. The largest absolute Gasteiger partial charge is 0.392 e. The molecule has 0 saturated carbocycles. The van der Waals surface area contributed by atoms with Gasteiger partial charge in [0, 0.05) is 0 Å². The highest BCUT2D eigenvalue weighted by Crippen LogP contribution is 2.40. The van der Waals surface area contributed by atoms with Crippen LogP contribution in [0, 0.1) is 17.8 Å². The Morgan fingerprint density at radius 1 is 1.00 bits per heavy atom. The van der Waals surface area contributed by atoms with Crippen LogP contribution in [-0.4, -0.2) is 6.18 Å². The molecule has 0 bridgehead atoms. The Morgan fingerprint density at radius 2 is 1.47 bits per heavy atom. The maximum atomic E-state index is 12.8. The van der Waals surface area contributed by atoms with E-state index < -0.39 is 12.1 Å². The summed E-state index contributed by atoms with van der Waals surface area (Å²) in [6.07, 6.45) is -0.836. The Balaban J connectivity index is 0. The molecule has 0 aliphatic rings. The van der Waals surface area contributed by atoms with Gasteiger partial charge >= 0.3 is 6.18 Å². The van der Waals surface area contributed by atoms with E-state index in [-0.39, 0.29) is 11.8 Å². The topological polar surface area (TPSA) is 0 Å². The fourth-order valence-electron chi connectivity index (χ4n) is 2.29. The fourth-order valence-corrected chi connectivity index (χ4v) is 2.29. The minimum absolute atomic E-state index is 0.204. The molecule has 3 heteroatoms. The highest BCUT2D eigenvalue weighted by molar-refractivity contribution is 4.78. The van der Waals surface area contributed by atoms with Crippen LogP contribution < -0.4 is 0 Å². The minimum Gasteiger partial charge on any atom is -0.171 e. The van der Waals surface area contributed by atoms with Crippen molar-refractivity contribution in [2.75, 3.05) is 0 Å². The lowest BCUT2D eigenvalue weighted by atomic mass is 9.78. The normalized spacial score (nSPS) is 15.2. The van der Waals surface area contributed by atoms with Crippen molar-refractivity contribution in [1.82, 2.24) is 0 Å². The van der Waals surface area contributed by atoms with E-state index in [1.165, 1.54) is 0 Å². The van der Waals surface area contributed by atoms with Crippen molar-refractivity contribution in [3.63, 3.8) is 0 Å². The predicted molar refractivity (Wildman–Crippen MR) is 69.0 cm³/mol. The summed E-state index contributed by atoms with van der Waals surface area (Å²) < 4.78 is 38.5. The lowest BCUT2D eigenvalue weighted by Crippen LogP contribution is -2.34. The van der Waals surface area contributed by atoms with E-state index in [1.54, 1.807) is 13.8 Å². The molecule has 0 nitrogen and oxygen atoms in total. The van der Waals surface area contributed by atoms with Gasteiger partial charge in [-0.2, -0.15) is 13.2 Å². The first-order chi connectivity index (χ1) is 7.84. The van der Waals surface area contributed by atoms with Crippen molar-refractivity contribution in [2.45, 2.75) is 73.4 Å². The maximum absolute atomic E-state index is 12.8. The average Bonchev–Trinajstić information content (AvgIpc) is 2.24. The summed E-state index contributed by atoms with van der Waals surface area (Å²) in [4.78, 5) is 0. The van der Waals surface area contributed by atoms with Crippen LogP contribution in [0.5, 0.6) is 0 Å². The highest BCUT2D eigenvalue weighted by atomic mass is 19.4. The molecule has 0 saturated heterocycles. The average molecular weight is 254 g/mol. The second kappa shape index (κ2) is 9.78. The zero-order chi connectivity index (χ0) is 14.1. The van der Waals surface area contributed by atoms with Crippen molar-refractivity contribution in [2.24, 2.45) is 17.8 Å². The molecule has 0 radical (unpaired) electrons. The number of hydrogen-bond donors (Lipinski definition) is 0. The molecule has 0 amide bonds. The molecular weight excluding hydrogens is 225 g/mol. The molecule has 0 aromatic heterocycles. The summed E-state index contributed by atoms with van der Waals surface area (Å²) in [6.45, 7) is 11.2. The lowest BCUT2D eigenvalue weighted by molar-refractivity contribution is -0.202. The summed E-state index contributed by atoms with van der Waals surface area (Å²) in [6, 6.07) is 0. The monoisotopic (exact) mass is 254 g/mol. The first-order valence-corrected chi connectivity index (χ1v) is 6.91. The molecule has 0 aliphatic carbocycles. The van der Waals surface area contributed by atoms with Crippen LogP contribution in [0.15, 0.2) is 0 Å². The first kappa shape index (κ1) is 19.1. The van der Waals surface area contributed by atoms with Crippen molar-refractivity contribution in [3.05, 3.63) is 0 Å². The van der Waals surface area contributed by atoms with Crippen LogP contribution in [-0.2, 0) is 0 Å². The SMILES string of the molecule is CC.CCCCC(CC)[C@H](C(C)C)C(F)(F)F. The summed E-state index contributed by atoms with van der Waals surface area (Å²) in [5, 5.41) is 0. The molecule has 0 heterocycles. The number of unbranched alkanes of at least 4 members (excludes halogenated alkanes) is 1.